The summed E-state index contributed by atoms with van der Waals surface area (Å²) >= 11 is 1.49. The molecule has 1 aliphatic heterocycles. The van der Waals surface area contributed by atoms with Crippen LogP contribution in [0.3, 0.4) is 0 Å². The van der Waals surface area contributed by atoms with Crippen molar-refractivity contribution in [3.63, 3.8) is 0 Å². The minimum absolute atomic E-state index is 0.306. The van der Waals surface area contributed by atoms with E-state index in [2.05, 4.69) is 5.32 Å². The first-order valence-corrected chi connectivity index (χ1v) is 5.54. The molecule has 1 fully saturated rings. The maximum absolute atomic E-state index is 10.7. The van der Waals surface area contributed by atoms with E-state index in [-0.39, 0.29) is 6.09 Å². The lowest BCUT2D eigenvalue weighted by atomic mass is 10.1. The summed E-state index contributed by atoms with van der Waals surface area (Å²) in [5, 5.41) is 2.65. The second kappa shape index (κ2) is 4.44. The van der Waals surface area contributed by atoms with E-state index in [1.54, 1.807) is 0 Å². The molecule has 0 radical (unpaired) electrons. The van der Waals surface area contributed by atoms with Gasteiger partial charge in [-0.25, -0.2) is 4.79 Å². The molecule has 15 heavy (non-hydrogen) atoms. The minimum atomic E-state index is -0.342. The van der Waals surface area contributed by atoms with Gasteiger partial charge in [0, 0.05) is 17.3 Å². The molecule has 0 saturated carbocycles. The SMILES string of the molecule is O=Cc1ccc(CC2CNC(=O)OC2)s1. The Morgan fingerprint density at radius 3 is 3.07 bits per heavy atom. The fourth-order valence-corrected chi connectivity index (χ4v) is 2.46. The van der Waals surface area contributed by atoms with E-state index in [0.717, 1.165) is 22.5 Å². The number of carbonyl (C=O) groups is 2. The van der Waals surface area contributed by atoms with E-state index in [9.17, 15) is 9.59 Å². The Bertz CT molecular complexity index is 364. The van der Waals surface area contributed by atoms with Gasteiger partial charge < -0.3 is 10.1 Å². The van der Waals surface area contributed by atoms with Crippen LogP contribution in [0.25, 0.3) is 0 Å². The van der Waals surface area contributed by atoms with Crippen LogP contribution in [0.5, 0.6) is 0 Å². The molecule has 2 rings (SSSR count). The maximum atomic E-state index is 10.7. The molecule has 1 aliphatic rings. The Morgan fingerprint density at radius 2 is 2.47 bits per heavy atom. The predicted molar refractivity (Wildman–Crippen MR) is 56.3 cm³/mol. The zero-order chi connectivity index (χ0) is 10.7. The highest BCUT2D eigenvalue weighted by molar-refractivity contribution is 7.13. The number of nitrogens with one attached hydrogen (secondary N) is 1. The third kappa shape index (κ3) is 2.56. The number of hydrogen-bond acceptors (Lipinski definition) is 4. The third-order valence-corrected chi connectivity index (χ3v) is 3.31. The summed E-state index contributed by atoms with van der Waals surface area (Å²) < 4.78 is 4.88. The van der Waals surface area contributed by atoms with Gasteiger partial charge in [0.15, 0.2) is 6.29 Å². The highest BCUT2D eigenvalue weighted by atomic mass is 32.1. The van der Waals surface area contributed by atoms with Crippen molar-refractivity contribution in [1.29, 1.82) is 0 Å². The largest absolute Gasteiger partial charge is 0.449 e. The van der Waals surface area contributed by atoms with Crippen LogP contribution in [0.15, 0.2) is 12.1 Å². The fourth-order valence-electron chi connectivity index (χ4n) is 1.51. The number of aldehydes is 1. The first-order valence-electron chi connectivity index (χ1n) is 4.72. The van der Waals surface area contributed by atoms with Gasteiger partial charge in [0.2, 0.25) is 0 Å². The van der Waals surface area contributed by atoms with E-state index < -0.39 is 0 Å². The first-order chi connectivity index (χ1) is 7.28. The Labute approximate surface area is 91.2 Å². The van der Waals surface area contributed by atoms with E-state index in [1.165, 1.54) is 11.3 Å². The van der Waals surface area contributed by atoms with Crippen molar-refractivity contribution in [1.82, 2.24) is 5.32 Å². The summed E-state index contributed by atoms with van der Waals surface area (Å²) in [4.78, 5) is 23.1. The molecule has 1 atom stereocenters. The Kier molecular flexibility index (Phi) is 3.01. The molecule has 0 spiro atoms. The van der Waals surface area contributed by atoms with Crippen LogP contribution < -0.4 is 5.32 Å². The van der Waals surface area contributed by atoms with Crippen LogP contribution in [-0.2, 0) is 11.2 Å². The third-order valence-electron chi connectivity index (χ3n) is 2.27. The molecule has 2 heterocycles. The molecule has 1 aromatic heterocycles. The Balaban J connectivity index is 1.91. The molecule has 5 heteroatoms. The molecule has 4 nitrogen and oxygen atoms in total. The molecule has 1 aromatic rings. The van der Waals surface area contributed by atoms with Crippen LogP contribution >= 0.6 is 11.3 Å². The van der Waals surface area contributed by atoms with E-state index in [0.29, 0.717) is 19.1 Å². The van der Waals surface area contributed by atoms with Crippen LogP contribution in [0, 0.1) is 5.92 Å². The standard InChI is InChI=1S/C10H11NO3S/c12-5-9-2-1-8(15-9)3-7-4-11-10(13)14-6-7/h1-2,5,7H,3-4,6H2,(H,11,13). The zero-order valence-corrected chi connectivity index (χ0v) is 8.88. The average Bonchev–Trinajstić information content (AvgIpc) is 2.69. The highest BCUT2D eigenvalue weighted by Gasteiger charge is 2.19. The summed E-state index contributed by atoms with van der Waals surface area (Å²) in [5.74, 6) is 0.306. The van der Waals surface area contributed by atoms with Crippen molar-refractivity contribution in [2.75, 3.05) is 13.2 Å². The molecule has 1 saturated heterocycles. The second-order valence-electron chi connectivity index (χ2n) is 3.47. The van der Waals surface area contributed by atoms with Crippen molar-refractivity contribution in [3.8, 4) is 0 Å². The van der Waals surface area contributed by atoms with Gasteiger partial charge in [-0.15, -0.1) is 11.3 Å². The van der Waals surface area contributed by atoms with Gasteiger partial charge in [0.05, 0.1) is 11.5 Å². The molecule has 1 unspecified atom stereocenters. The van der Waals surface area contributed by atoms with Gasteiger partial charge in [-0.1, -0.05) is 0 Å². The van der Waals surface area contributed by atoms with Crippen molar-refractivity contribution >= 4 is 23.7 Å². The molecule has 0 aromatic carbocycles. The van der Waals surface area contributed by atoms with Crippen LogP contribution in [0.1, 0.15) is 14.5 Å². The molecular weight excluding hydrogens is 214 g/mol. The number of ether oxygens (including phenoxy) is 1. The van der Waals surface area contributed by atoms with Gasteiger partial charge in [-0.3, -0.25) is 4.79 Å². The molecule has 1 amide bonds. The summed E-state index contributed by atoms with van der Waals surface area (Å²) in [6, 6.07) is 3.76. The number of cyclic esters (lactones) is 1. The second-order valence-corrected chi connectivity index (χ2v) is 4.67. The molecule has 1 N–H and O–H groups in total. The van der Waals surface area contributed by atoms with Gasteiger partial charge in [-0.05, 0) is 18.6 Å². The molecular formula is C10H11NO3S. The smallest absolute Gasteiger partial charge is 0.407 e. The van der Waals surface area contributed by atoms with Crippen molar-refractivity contribution in [2.24, 2.45) is 5.92 Å². The summed E-state index contributed by atoms with van der Waals surface area (Å²) in [6.07, 6.45) is 1.36. The van der Waals surface area contributed by atoms with Crippen LogP contribution in [0.2, 0.25) is 0 Å². The van der Waals surface area contributed by atoms with E-state index in [4.69, 9.17) is 4.74 Å². The van der Waals surface area contributed by atoms with Gasteiger partial charge in [0.25, 0.3) is 0 Å². The highest BCUT2D eigenvalue weighted by Crippen LogP contribution is 2.19. The number of rotatable bonds is 3. The number of alkyl carbamates (subject to hydrolysis) is 1. The van der Waals surface area contributed by atoms with Crippen LogP contribution in [-0.4, -0.2) is 25.5 Å². The fraction of sp³-hybridized carbons (Fsp3) is 0.400. The summed E-state index contributed by atoms with van der Waals surface area (Å²) in [7, 11) is 0. The van der Waals surface area contributed by atoms with E-state index in [1.807, 2.05) is 12.1 Å². The van der Waals surface area contributed by atoms with Gasteiger partial charge in [-0.2, -0.15) is 0 Å². The number of hydrogen-bond donors (Lipinski definition) is 1. The number of thiophene rings is 1. The Hall–Kier alpha value is -1.36. The van der Waals surface area contributed by atoms with Gasteiger partial charge in [0.1, 0.15) is 0 Å². The first kappa shape index (κ1) is 10.2. The predicted octanol–water partition coefficient (Wildman–Crippen LogP) is 1.46. The lowest BCUT2D eigenvalue weighted by Crippen LogP contribution is -2.39. The number of amides is 1. The monoisotopic (exact) mass is 225 g/mol. The molecule has 0 aliphatic carbocycles. The quantitative estimate of drug-likeness (QED) is 0.792. The summed E-state index contributed by atoms with van der Waals surface area (Å²) in [5.41, 5.74) is 0. The normalized spacial score (nSPS) is 20.5. The van der Waals surface area contributed by atoms with E-state index >= 15 is 0 Å². The lowest BCUT2D eigenvalue weighted by Gasteiger charge is -2.21. The van der Waals surface area contributed by atoms with Crippen molar-refractivity contribution in [3.05, 3.63) is 21.9 Å². The minimum Gasteiger partial charge on any atom is -0.449 e. The van der Waals surface area contributed by atoms with Crippen molar-refractivity contribution in [2.45, 2.75) is 6.42 Å². The van der Waals surface area contributed by atoms with Crippen LogP contribution in [0.4, 0.5) is 4.79 Å². The maximum Gasteiger partial charge on any atom is 0.407 e. The molecule has 0 bridgehead atoms. The molecule has 80 valence electrons. The topological polar surface area (TPSA) is 55.4 Å². The average molecular weight is 225 g/mol. The Morgan fingerprint density at radius 1 is 1.60 bits per heavy atom. The number of carbonyl (C=O) groups excluding carboxylic acids is 2. The van der Waals surface area contributed by atoms with Crippen molar-refractivity contribution < 1.29 is 14.3 Å². The zero-order valence-electron chi connectivity index (χ0n) is 8.06. The summed E-state index contributed by atoms with van der Waals surface area (Å²) in [6.45, 7) is 1.10. The lowest BCUT2D eigenvalue weighted by molar-refractivity contribution is 0.103. The van der Waals surface area contributed by atoms with Gasteiger partial charge >= 0.3 is 6.09 Å².